The van der Waals surface area contributed by atoms with Gasteiger partial charge < -0.3 is 36.5 Å². The molecule has 3 heterocycles. The molecule has 42 heavy (non-hydrogen) atoms. The summed E-state index contributed by atoms with van der Waals surface area (Å²) in [5.74, 6) is -4.19. The zero-order chi connectivity index (χ0) is 30.6. The largest absolute Gasteiger partial charge is 0.543 e. The predicted molar refractivity (Wildman–Crippen MR) is 143 cm³/mol. The maximum atomic E-state index is 12.9. The highest BCUT2D eigenvalue weighted by molar-refractivity contribution is 8.00. The fraction of sp³-hybridized carbons (Fsp3) is 0.269. The fourth-order valence-electron chi connectivity index (χ4n) is 4.25. The van der Waals surface area contributed by atoms with Gasteiger partial charge in [-0.1, -0.05) is 12.1 Å². The molecule has 2 aliphatic heterocycles. The molecule has 4 amide bonds. The van der Waals surface area contributed by atoms with Crippen molar-refractivity contribution in [3.63, 3.8) is 0 Å². The lowest BCUT2D eigenvalue weighted by atomic mass is 10.0. The Balaban J connectivity index is 1.32. The standard InChI is InChI=1S/C26H26N6O9S/c27-17(24(36)37)11-41-26(40)29-16-3-1-13(2-4-16)9-18(33)30-19-22(35)32-20(25(38)39)15(12-42-23(19)32)10-31-7-5-14(6-8-31)21(28)34/h1-8,17,19,23H,9-12,27H2,(H5-,28,29,30,33,34,36,37,38,39,40)/t17-,19-,23-/m1/s1. The van der Waals surface area contributed by atoms with Gasteiger partial charge in [0.1, 0.15) is 24.1 Å². The van der Waals surface area contributed by atoms with E-state index in [2.05, 4.69) is 10.6 Å². The van der Waals surface area contributed by atoms with Crippen LogP contribution < -0.4 is 31.8 Å². The van der Waals surface area contributed by atoms with E-state index in [1.807, 2.05) is 0 Å². The molecular formula is C26H26N6O9S. The van der Waals surface area contributed by atoms with Crippen LogP contribution in [0.4, 0.5) is 10.5 Å². The summed E-state index contributed by atoms with van der Waals surface area (Å²) in [4.78, 5) is 72.5. The lowest BCUT2D eigenvalue weighted by Crippen LogP contribution is -2.71. The molecule has 0 spiro atoms. The number of anilines is 1. The van der Waals surface area contributed by atoms with Gasteiger partial charge in [-0.05, 0) is 17.7 Å². The highest BCUT2D eigenvalue weighted by Gasteiger charge is 2.53. The van der Waals surface area contributed by atoms with E-state index in [-0.39, 0.29) is 24.4 Å². The summed E-state index contributed by atoms with van der Waals surface area (Å²) in [7, 11) is 0. The number of rotatable bonds is 11. The quantitative estimate of drug-likeness (QED) is 0.136. The minimum absolute atomic E-state index is 0.0915. The zero-order valence-electron chi connectivity index (χ0n) is 21.8. The summed E-state index contributed by atoms with van der Waals surface area (Å²) in [6, 6.07) is 6.88. The highest BCUT2D eigenvalue weighted by Crippen LogP contribution is 2.40. The molecule has 1 aromatic carbocycles. The Hall–Kier alpha value is -4.96. The van der Waals surface area contributed by atoms with Gasteiger partial charge in [-0.3, -0.25) is 29.4 Å². The van der Waals surface area contributed by atoms with Gasteiger partial charge in [0.2, 0.25) is 11.8 Å². The van der Waals surface area contributed by atoms with Crippen LogP contribution >= 0.6 is 11.8 Å². The molecule has 0 aliphatic carbocycles. The van der Waals surface area contributed by atoms with Gasteiger partial charge in [0.15, 0.2) is 18.9 Å². The monoisotopic (exact) mass is 598 g/mol. The van der Waals surface area contributed by atoms with E-state index in [0.717, 1.165) is 4.90 Å². The van der Waals surface area contributed by atoms with E-state index in [1.165, 1.54) is 36.0 Å². The molecule has 1 fully saturated rings. The van der Waals surface area contributed by atoms with Crippen LogP contribution in [0.3, 0.4) is 0 Å². The van der Waals surface area contributed by atoms with Gasteiger partial charge >= 0.3 is 12.1 Å². The second kappa shape index (κ2) is 12.7. The SMILES string of the molecule is NC(=O)c1cc[n+](CC2=C(C(=O)[O-])N3C(=O)[C@@H](NC(=O)Cc4ccc(NC(=O)OC[C@@H](N)C(=O)O)cc4)[C@H]3SC2)cc1. The number of benzene rings is 1. The first-order valence-corrected chi connectivity index (χ1v) is 13.5. The fourth-order valence-corrected chi connectivity index (χ4v) is 5.58. The third-order valence-corrected chi connectivity index (χ3v) is 7.72. The average Bonchev–Trinajstić information content (AvgIpc) is 2.95. The molecule has 0 unspecified atom stereocenters. The molecular weight excluding hydrogens is 572 g/mol. The number of nitrogens with one attached hydrogen (secondary N) is 2. The van der Waals surface area contributed by atoms with Crippen molar-refractivity contribution >= 4 is 53.2 Å². The van der Waals surface area contributed by atoms with E-state index in [1.54, 1.807) is 29.1 Å². The number of thioether (sulfide) groups is 1. The molecule has 16 heteroatoms. The number of aromatic nitrogens is 1. The number of carboxylic acids is 2. The molecule has 1 saturated heterocycles. The first-order valence-electron chi connectivity index (χ1n) is 12.4. The molecule has 4 rings (SSSR count). The number of carbonyl (C=O) groups is 6. The van der Waals surface area contributed by atoms with E-state index in [4.69, 9.17) is 21.3 Å². The molecule has 0 saturated carbocycles. The summed E-state index contributed by atoms with van der Waals surface area (Å²) >= 11 is 1.31. The number of nitrogens with zero attached hydrogens (tertiary/aromatic N) is 2. The van der Waals surface area contributed by atoms with Gasteiger partial charge in [-0.25, -0.2) is 9.36 Å². The number of ether oxygens (including phenoxy) is 1. The van der Waals surface area contributed by atoms with Crippen molar-refractivity contribution in [1.29, 1.82) is 0 Å². The molecule has 1 aromatic heterocycles. The number of pyridine rings is 1. The minimum Gasteiger partial charge on any atom is -0.543 e. The maximum absolute atomic E-state index is 12.9. The topological polar surface area (TPSA) is 238 Å². The number of aliphatic carboxylic acids is 2. The lowest BCUT2D eigenvalue weighted by Gasteiger charge is -2.50. The second-order valence-corrected chi connectivity index (χ2v) is 10.5. The van der Waals surface area contributed by atoms with Crippen molar-refractivity contribution in [2.75, 3.05) is 17.7 Å². The normalized spacial score (nSPS) is 18.3. The number of nitrogens with two attached hydrogens (primary N) is 2. The Morgan fingerprint density at radius 1 is 1.14 bits per heavy atom. The summed E-state index contributed by atoms with van der Waals surface area (Å²) in [6.45, 7) is -0.371. The van der Waals surface area contributed by atoms with Crippen molar-refractivity contribution in [3.05, 3.63) is 71.2 Å². The summed E-state index contributed by atoms with van der Waals surface area (Å²) in [6.07, 6.45) is 2.16. The third-order valence-electron chi connectivity index (χ3n) is 6.38. The zero-order valence-corrected chi connectivity index (χ0v) is 22.7. The minimum atomic E-state index is -1.51. The van der Waals surface area contributed by atoms with Gasteiger partial charge in [0.05, 0.1) is 23.7 Å². The van der Waals surface area contributed by atoms with Gasteiger partial charge in [0, 0.05) is 29.1 Å². The van der Waals surface area contributed by atoms with Crippen LogP contribution in [-0.4, -0.2) is 75.6 Å². The molecule has 7 N–H and O–H groups in total. The van der Waals surface area contributed by atoms with Crippen molar-refractivity contribution in [3.8, 4) is 0 Å². The third kappa shape index (κ3) is 6.84. The maximum Gasteiger partial charge on any atom is 0.411 e. The Morgan fingerprint density at radius 2 is 1.81 bits per heavy atom. The van der Waals surface area contributed by atoms with Crippen LogP contribution in [0.25, 0.3) is 0 Å². The number of amides is 4. The highest BCUT2D eigenvalue weighted by atomic mass is 32.2. The van der Waals surface area contributed by atoms with Gasteiger partial charge in [-0.2, -0.15) is 0 Å². The average molecular weight is 599 g/mol. The Kier molecular flexibility index (Phi) is 9.07. The van der Waals surface area contributed by atoms with Crippen molar-refractivity contribution < 1.29 is 48.3 Å². The number of hydrogen-bond acceptors (Lipinski definition) is 10. The van der Waals surface area contributed by atoms with Gasteiger partial charge in [0.25, 0.3) is 5.91 Å². The lowest BCUT2D eigenvalue weighted by molar-refractivity contribution is -0.689. The van der Waals surface area contributed by atoms with Crippen molar-refractivity contribution in [2.45, 2.75) is 30.4 Å². The smallest absolute Gasteiger partial charge is 0.411 e. The molecule has 3 atom stereocenters. The first kappa shape index (κ1) is 30.0. The van der Waals surface area contributed by atoms with Gasteiger partial charge in [-0.15, -0.1) is 11.8 Å². The van der Waals surface area contributed by atoms with E-state index < -0.39 is 59.8 Å². The Labute approximate surface area is 242 Å². The van der Waals surface area contributed by atoms with Crippen LogP contribution in [0.5, 0.6) is 0 Å². The van der Waals surface area contributed by atoms with E-state index in [0.29, 0.717) is 22.4 Å². The van der Waals surface area contributed by atoms with Crippen LogP contribution in [0.1, 0.15) is 15.9 Å². The predicted octanol–water partition coefficient (Wildman–Crippen LogP) is -2.32. The summed E-state index contributed by atoms with van der Waals surface area (Å²) in [5.41, 5.74) is 11.9. The number of carbonyl (C=O) groups excluding carboxylic acids is 5. The van der Waals surface area contributed by atoms with Crippen LogP contribution in [0.15, 0.2) is 60.1 Å². The first-order chi connectivity index (χ1) is 19.9. The van der Waals surface area contributed by atoms with E-state index in [9.17, 15) is 33.9 Å². The number of fused-ring (bicyclic) bond motifs is 1. The molecule has 2 aliphatic rings. The van der Waals surface area contributed by atoms with Crippen LogP contribution in [0.2, 0.25) is 0 Å². The van der Waals surface area contributed by atoms with E-state index >= 15 is 0 Å². The molecule has 2 aromatic rings. The number of primary amides is 1. The van der Waals surface area contributed by atoms with Crippen LogP contribution in [0, 0.1) is 0 Å². The van der Waals surface area contributed by atoms with Crippen molar-refractivity contribution in [1.82, 2.24) is 10.2 Å². The summed E-state index contributed by atoms with van der Waals surface area (Å²) < 4.78 is 6.38. The van der Waals surface area contributed by atoms with Crippen LogP contribution in [-0.2, 0) is 36.9 Å². The molecule has 0 bridgehead atoms. The number of carboxylic acid groups (broad SMARTS) is 2. The second-order valence-electron chi connectivity index (χ2n) is 9.36. The Bertz CT molecular complexity index is 1460. The Morgan fingerprint density at radius 3 is 2.40 bits per heavy atom. The number of β-lactam (4-membered cyclic amide) rings is 1. The number of hydrogen-bond donors (Lipinski definition) is 5. The van der Waals surface area contributed by atoms with Crippen molar-refractivity contribution in [2.24, 2.45) is 11.5 Å². The molecule has 0 radical (unpaired) electrons. The summed E-state index contributed by atoms with van der Waals surface area (Å²) in [5, 5.41) is 25.2. The molecule has 15 nitrogen and oxygen atoms in total. The molecule has 220 valence electrons.